The standard InChI is InChI=1S/C18H12N4O6/c23-17(15-6-4-13(9-19-15)22(26)27)21-20-10-14-5-7-16(28-14)11-2-1-3-12(8-11)18(24)25/h1-10H,(H,21,23)(H,24,25)/p-1. The molecule has 10 nitrogen and oxygen atoms in total. The first-order valence-corrected chi connectivity index (χ1v) is 7.79. The van der Waals surface area contributed by atoms with Gasteiger partial charge in [-0.3, -0.25) is 14.9 Å². The van der Waals surface area contributed by atoms with E-state index in [1.54, 1.807) is 24.3 Å². The fraction of sp³-hybridized carbons (Fsp3) is 0. The Bertz CT molecular complexity index is 1070. The largest absolute Gasteiger partial charge is 0.545 e. The summed E-state index contributed by atoms with van der Waals surface area (Å²) in [4.78, 5) is 36.4. The van der Waals surface area contributed by atoms with E-state index in [0.717, 1.165) is 12.3 Å². The van der Waals surface area contributed by atoms with Crippen LogP contribution in [0, 0.1) is 10.1 Å². The van der Waals surface area contributed by atoms with E-state index in [1.807, 2.05) is 0 Å². The molecule has 0 saturated carbocycles. The Hall–Kier alpha value is -4.34. The third-order valence-electron chi connectivity index (χ3n) is 3.56. The zero-order chi connectivity index (χ0) is 20.1. The summed E-state index contributed by atoms with van der Waals surface area (Å²) >= 11 is 0. The van der Waals surface area contributed by atoms with E-state index in [-0.39, 0.29) is 16.9 Å². The van der Waals surface area contributed by atoms with Crippen LogP contribution in [0.3, 0.4) is 0 Å². The zero-order valence-corrected chi connectivity index (χ0v) is 14.1. The average molecular weight is 379 g/mol. The number of amides is 1. The molecule has 3 aromatic rings. The Kier molecular flexibility index (Phi) is 5.21. The molecule has 0 fully saturated rings. The van der Waals surface area contributed by atoms with Gasteiger partial charge in [0.2, 0.25) is 0 Å². The number of hydrazone groups is 1. The van der Waals surface area contributed by atoms with Crippen molar-refractivity contribution in [3.63, 3.8) is 0 Å². The first-order chi connectivity index (χ1) is 13.4. The van der Waals surface area contributed by atoms with Gasteiger partial charge in [-0.15, -0.1) is 0 Å². The van der Waals surface area contributed by atoms with Crippen molar-refractivity contribution < 1.29 is 24.0 Å². The van der Waals surface area contributed by atoms with Crippen LogP contribution in [0.15, 0.2) is 64.2 Å². The van der Waals surface area contributed by atoms with Gasteiger partial charge in [0.25, 0.3) is 11.6 Å². The molecule has 2 aromatic heterocycles. The summed E-state index contributed by atoms with van der Waals surface area (Å²) in [5.41, 5.74) is 2.51. The summed E-state index contributed by atoms with van der Waals surface area (Å²) in [5, 5.41) is 25.2. The first-order valence-electron chi connectivity index (χ1n) is 7.79. The lowest BCUT2D eigenvalue weighted by Crippen LogP contribution is -2.22. The Morgan fingerprint density at radius 2 is 2.00 bits per heavy atom. The number of rotatable bonds is 6. The molecule has 0 radical (unpaired) electrons. The van der Waals surface area contributed by atoms with Gasteiger partial charge in [0, 0.05) is 11.6 Å². The van der Waals surface area contributed by atoms with Gasteiger partial charge in [0.15, 0.2) is 0 Å². The van der Waals surface area contributed by atoms with Gasteiger partial charge in [-0.2, -0.15) is 5.10 Å². The van der Waals surface area contributed by atoms with Crippen LogP contribution in [0.1, 0.15) is 26.6 Å². The monoisotopic (exact) mass is 379 g/mol. The minimum absolute atomic E-state index is 0.0204. The number of furan rings is 1. The fourth-order valence-corrected chi connectivity index (χ4v) is 2.22. The molecule has 3 rings (SSSR count). The van der Waals surface area contributed by atoms with Gasteiger partial charge in [0.1, 0.15) is 23.4 Å². The number of carbonyl (C=O) groups is 2. The van der Waals surface area contributed by atoms with Crippen LogP contribution in [0.25, 0.3) is 11.3 Å². The molecule has 1 amide bonds. The van der Waals surface area contributed by atoms with Crippen molar-refractivity contribution in [2.75, 3.05) is 0 Å². The summed E-state index contributed by atoms with van der Waals surface area (Å²) < 4.78 is 5.53. The summed E-state index contributed by atoms with van der Waals surface area (Å²) in [6, 6.07) is 11.6. The maximum Gasteiger partial charge on any atom is 0.289 e. The van der Waals surface area contributed by atoms with Gasteiger partial charge in [-0.1, -0.05) is 18.2 Å². The van der Waals surface area contributed by atoms with E-state index >= 15 is 0 Å². The number of aromatic nitrogens is 1. The lowest BCUT2D eigenvalue weighted by molar-refractivity contribution is -0.385. The first kappa shape index (κ1) is 18.5. The summed E-state index contributed by atoms with van der Waals surface area (Å²) in [6.07, 6.45) is 2.22. The molecule has 1 aromatic carbocycles. The number of carbonyl (C=O) groups excluding carboxylic acids is 2. The van der Waals surface area contributed by atoms with E-state index in [1.165, 1.54) is 24.4 Å². The summed E-state index contributed by atoms with van der Waals surface area (Å²) in [7, 11) is 0. The molecule has 0 atom stereocenters. The van der Waals surface area contributed by atoms with Crippen LogP contribution < -0.4 is 10.5 Å². The number of nitro groups is 1. The van der Waals surface area contributed by atoms with Crippen molar-refractivity contribution in [3.05, 3.63) is 81.9 Å². The Morgan fingerprint density at radius 3 is 2.68 bits per heavy atom. The van der Waals surface area contributed by atoms with Crippen LogP contribution in [0.2, 0.25) is 0 Å². The molecule has 0 bridgehead atoms. The van der Waals surface area contributed by atoms with E-state index in [0.29, 0.717) is 17.1 Å². The topological polar surface area (TPSA) is 151 Å². The molecule has 0 unspecified atom stereocenters. The second-order valence-corrected chi connectivity index (χ2v) is 5.43. The van der Waals surface area contributed by atoms with Gasteiger partial charge in [-0.25, -0.2) is 10.4 Å². The number of hydrogen-bond acceptors (Lipinski definition) is 8. The van der Waals surface area contributed by atoms with Crippen molar-refractivity contribution in [1.29, 1.82) is 0 Å². The Morgan fingerprint density at radius 1 is 1.18 bits per heavy atom. The highest BCUT2D eigenvalue weighted by atomic mass is 16.6. The molecular weight excluding hydrogens is 368 g/mol. The smallest absolute Gasteiger partial charge is 0.289 e. The molecule has 1 N–H and O–H groups in total. The van der Waals surface area contributed by atoms with Crippen LogP contribution >= 0.6 is 0 Å². The molecule has 2 heterocycles. The fourth-order valence-electron chi connectivity index (χ4n) is 2.22. The van der Waals surface area contributed by atoms with Gasteiger partial charge >= 0.3 is 0 Å². The van der Waals surface area contributed by atoms with E-state index in [9.17, 15) is 24.8 Å². The quantitative estimate of drug-likeness (QED) is 0.386. The number of carboxylic acid groups (broad SMARTS) is 1. The maximum absolute atomic E-state index is 11.9. The maximum atomic E-state index is 11.9. The van der Waals surface area contributed by atoms with E-state index in [4.69, 9.17) is 4.42 Å². The third-order valence-corrected chi connectivity index (χ3v) is 3.56. The van der Waals surface area contributed by atoms with Crippen molar-refractivity contribution in [2.24, 2.45) is 5.10 Å². The minimum atomic E-state index is -1.29. The number of nitrogens with zero attached hydrogens (tertiary/aromatic N) is 3. The van der Waals surface area contributed by atoms with Crippen LogP contribution in [0.5, 0.6) is 0 Å². The highest BCUT2D eigenvalue weighted by Gasteiger charge is 2.10. The van der Waals surface area contributed by atoms with Crippen molar-refractivity contribution in [2.45, 2.75) is 0 Å². The molecule has 28 heavy (non-hydrogen) atoms. The zero-order valence-electron chi connectivity index (χ0n) is 14.1. The molecule has 0 saturated heterocycles. The van der Waals surface area contributed by atoms with Gasteiger partial charge in [-0.05, 0) is 29.8 Å². The minimum Gasteiger partial charge on any atom is -0.545 e. The number of aromatic carboxylic acids is 1. The van der Waals surface area contributed by atoms with Crippen LogP contribution in [-0.4, -0.2) is 28.0 Å². The molecule has 0 aliphatic carbocycles. The van der Waals surface area contributed by atoms with Crippen molar-refractivity contribution in [3.8, 4) is 11.3 Å². The molecule has 10 heteroatoms. The normalized spacial score (nSPS) is 10.7. The number of nitrogens with one attached hydrogen (secondary N) is 1. The molecule has 0 aliphatic heterocycles. The lowest BCUT2D eigenvalue weighted by Gasteiger charge is -2.03. The number of hydrogen-bond donors (Lipinski definition) is 1. The molecule has 0 aliphatic rings. The Balaban J connectivity index is 1.65. The van der Waals surface area contributed by atoms with Crippen LogP contribution in [0.4, 0.5) is 5.69 Å². The lowest BCUT2D eigenvalue weighted by atomic mass is 10.1. The average Bonchev–Trinajstić information content (AvgIpc) is 3.17. The van der Waals surface area contributed by atoms with E-state index < -0.39 is 16.8 Å². The molecule has 140 valence electrons. The van der Waals surface area contributed by atoms with E-state index in [2.05, 4.69) is 15.5 Å². The van der Waals surface area contributed by atoms with Crippen LogP contribution in [-0.2, 0) is 0 Å². The number of carboxylic acids is 1. The number of pyridine rings is 1. The second-order valence-electron chi connectivity index (χ2n) is 5.43. The van der Waals surface area contributed by atoms with Crippen molar-refractivity contribution in [1.82, 2.24) is 10.4 Å². The molecule has 0 spiro atoms. The van der Waals surface area contributed by atoms with Gasteiger partial charge < -0.3 is 14.3 Å². The molecular formula is C18H11N4O6-. The highest BCUT2D eigenvalue weighted by Crippen LogP contribution is 2.22. The predicted octanol–water partition coefficient (Wildman–Crippen LogP) is 1.38. The van der Waals surface area contributed by atoms with Gasteiger partial charge in [0.05, 0.1) is 17.1 Å². The summed E-state index contributed by atoms with van der Waals surface area (Å²) in [6.45, 7) is 0. The third kappa shape index (κ3) is 4.25. The second kappa shape index (κ2) is 7.91. The van der Waals surface area contributed by atoms with Crippen molar-refractivity contribution >= 4 is 23.8 Å². The Labute approximate surface area is 157 Å². The number of benzene rings is 1. The SMILES string of the molecule is O=C([O-])c1cccc(-c2ccc(C=NNC(=O)c3ccc([N+](=O)[O-])cn3)o2)c1. The predicted molar refractivity (Wildman–Crippen MR) is 94.4 cm³/mol. The highest BCUT2D eigenvalue weighted by molar-refractivity contribution is 5.93. The summed E-state index contributed by atoms with van der Waals surface area (Å²) in [5.74, 6) is -1.23.